The fourth-order valence-corrected chi connectivity index (χ4v) is 11.8. The number of carbonyl (C=O) groups is 1. The van der Waals surface area contributed by atoms with Gasteiger partial charge in [-0.3, -0.25) is 4.79 Å². The van der Waals surface area contributed by atoms with Crippen molar-refractivity contribution in [3.05, 3.63) is 59.7 Å². The van der Waals surface area contributed by atoms with Gasteiger partial charge in [0, 0.05) is 46.5 Å². The van der Waals surface area contributed by atoms with Crippen molar-refractivity contribution >= 4 is 22.4 Å². The summed E-state index contributed by atoms with van der Waals surface area (Å²) in [7, 11) is -3.90. The van der Waals surface area contributed by atoms with E-state index in [9.17, 15) is 4.79 Å². The monoisotopic (exact) mass is 953 g/mol. The molecule has 2 fully saturated rings. The van der Waals surface area contributed by atoms with Gasteiger partial charge in [-0.25, -0.2) is 0 Å². The molecule has 2 aromatic rings. The largest absolute Gasteiger partial charge is 0.494 e. The number of unbranched alkanes of at least 4 members (excludes halogenated alkanes) is 6. The van der Waals surface area contributed by atoms with Crippen molar-refractivity contribution in [2.75, 3.05) is 26.4 Å². The fraction of sp³-hybridized carbons (Fsp3) is 0.764. The Bertz CT molecular complexity index is 1630. The second-order valence-corrected chi connectivity index (χ2v) is 34.7. The summed E-state index contributed by atoms with van der Waals surface area (Å²) in [6.45, 7) is 44.5. The Balaban J connectivity index is 1.05. The van der Waals surface area contributed by atoms with E-state index in [1.807, 2.05) is 48.5 Å². The van der Waals surface area contributed by atoms with Crippen LogP contribution < -0.4 is 9.47 Å². The Kier molecular flexibility index (Phi) is 19.5. The zero-order valence-corrected chi connectivity index (χ0v) is 47.3. The third-order valence-corrected chi connectivity index (χ3v) is 23.4. The second-order valence-electron chi connectivity index (χ2n) is 25.2. The van der Waals surface area contributed by atoms with Crippen molar-refractivity contribution in [1.29, 1.82) is 0 Å². The fourth-order valence-electron chi connectivity index (χ4n) is 9.37. The molecular formula is C55H96N2O7Si2. The molecule has 0 aliphatic carbocycles. The topological polar surface area (TPSA) is 78.9 Å². The Morgan fingerprint density at radius 1 is 0.485 bits per heavy atom. The van der Waals surface area contributed by atoms with Gasteiger partial charge in [0.15, 0.2) is 5.78 Å². The SMILES string of the molecule is CC1(C)CC(OCCCCCCOc2ccc(C(=O)c3ccc(OCCCCCCOC4CC(C)(C)N(O[Si](C)(C)C(C)(C)C)C(C)(C)C4)cc3)cc2)CC(C)(C)N1O[Si](C)(C)C(C)(C)C. The maximum atomic E-state index is 13.2. The Hall–Kier alpha value is -2.10. The maximum Gasteiger partial charge on any atom is 0.220 e. The predicted octanol–water partition coefficient (Wildman–Crippen LogP) is 14.7. The van der Waals surface area contributed by atoms with Crippen molar-refractivity contribution in [3.63, 3.8) is 0 Å². The molecule has 0 amide bonds. The molecule has 0 spiro atoms. The third kappa shape index (κ3) is 16.0. The summed E-state index contributed by atoms with van der Waals surface area (Å²) in [4.78, 5) is 13.2. The Morgan fingerprint density at radius 3 is 1.03 bits per heavy atom. The third-order valence-electron chi connectivity index (χ3n) is 14.9. The summed E-state index contributed by atoms with van der Waals surface area (Å²) in [5, 5.41) is 4.95. The lowest BCUT2D eigenvalue weighted by molar-refractivity contribution is -0.248. The minimum atomic E-state index is -1.95. The number of piperidine rings is 2. The zero-order chi connectivity index (χ0) is 49.4. The molecular weight excluding hydrogens is 857 g/mol. The van der Waals surface area contributed by atoms with E-state index in [0.717, 1.165) is 102 Å². The summed E-state index contributed by atoms with van der Waals surface area (Å²) in [5.41, 5.74) is 0.912. The first-order valence-electron chi connectivity index (χ1n) is 25.6. The molecule has 2 heterocycles. The highest BCUT2D eigenvalue weighted by molar-refractivity contribution is 6.74. The molecule has 0 N–H and O–H groups in total. The molecule has 0 aromatic heterocycles. The van der Waals surface area contributed by atoms with Crippen LogP contribution in [0.2, 0.25) is 36.3 Å². The van der Waals surface area contributed by atoms with Gasteiger partial charge in [0.05, 0.1) is 25.4 Å². The lowest BCUT2D eigenvalue weighted by Crippen LogP contribution is -2.65. The summed E-state index contributed by atoms with van der Waals surface area (Å²) in [5.74, 6) is 1.57. The van der Waals surface area contributed by atoms with Crippen molar-refractivity contribution in [2.24, 2.45) is 0 Å². The van der Waals surface area contributed by atoms with E-state index in [4.69, 9.17) is 28.0 Å². The molecule has 0 bridgehead atoms. The number of nitrogens with zero attached hydrogens (tertiary/aromatic N) is 2. The van der Waals surface area contributed by atoms with E-state index in [1.54, 1.807) is 0 Å². The highest BCUT2D eigenvalue weighted by atomic mass is 28.4. The number of ether oxygens (including phenoxy) is 4. The summed E-state index contributed by atoms with van der Waals surface area (Å²) in [6, 6.07) is 15.0. The van der Waals surface area contributed by atoms with Crippen LogP contribution >= 0.6 is 0 Å². The van der Waals surface area contributed by atoms with Crippen molar-refractivity contribution < 1.29 is 32.8 Å². The zero-order valence-electron chi connectivity index (χ0n) is 45.3. The van der Waals surface area contributed by atoms with Gasteiger partial charge in [-0.05, 0) is 204 Å². The van der Waals surface area contributed by atoms with Gasteiger partial charge in [0.1, 0.15) is 11.5 Å². The molecule has 2 aliphatic heterocycles. The van der Waals surface area contributed by atoms with Crippen LogP contribution in [-0.4, -0.2) is 93.3 Å². The molecule has 66 heavy (non-hydrogen) atoms. The molecule has 0 saturated carbocycles. The van der Waals surface area contributed by atoms with E-state index in [-0.39, 0.29) is 50.2 Å². The molecule has 376 valence electrons. The van der Waals surface area contributed by atoms with Gasteiger partial charge in [-0.15, -0.1) is 0 Å². The molecule has 0 atom stereocenters. The quantitative estimate of drug-likeness (QED) is 0.0581. The summed E-state index contributed by atoms with van der Waals surface area (Å²) < 4.78 is 38.8. The summed E-state index contributed by atoms with van der Waals surface area (Å²) >= 11 is 0. The van der Waals surface area contributed by atoms with Gasteiger partial charge in [-0.2, -0.15) is 10.1 Å². The van der Waals surface area contributed by atoms with Gasteiger partial charge >= 0.3 is 0 Å². The predicted molar refractivity (Wildman–Crippen MR) is 279 cm³/mol. The smallest absolute Gasteiger partial charge is 0.220 e. The number of ketones is 1. The van der Waals surface area contributed by atoms with Crippen molar-refractivity contribution in [3.8, 4) is 11.5 Å². The van der Waals surface area contributed by atoms with Crippen LogP contribution in [0.15, 0.2) is 48.5 Å². The standard InChI is InChI=1S/C55H96N2O7Si2/c1-50(2,3)65(15,16)63-56-52(7,8)39-47(40-53(56,9)10)61-37-25-21-19-23-35-59-45-31-27-43(28-32-45)49(58)44-29-33-46(34-30-44)60-36-24-20-22-26-38-62-48-41-54(11,12)57(55(13,14)42-48)64-66(17,18)51(4,5)6/h27-34,47-48H,19-26,35-42H2,1-18H3. The number of rotatable bonds is 24. The highest BCUT2D eigenvalue weighted by Gasteiger charge is 2.52. The highest BCUT2D eigenvalue weighted by Crippen LogP contribution is 2.47. The molecule has 4 rings (SSSR count). The number of benzene rings is 2. The first-order chi connectivity index (χ1) is 30.4. The van der Waals surface area contributed by atoms with Crippen LogP contribution in [0, 0.1) is 0 Å². The van der Waals surface area contributed by atoms with Crippen LogP contribution in [0.25, 0.3) is 0 Å². The minimum Gasteiger partial charge on any atom is -0.494 e. The summed E-state index contributed by atoms with van der Waals surface area (Å²) in [6.07, 6.45) is 12.8. The molecule has 9 nitrogen and oxygen atoms in total. The van der Waals surface area contributed by atoms with Crippen LogP contribution in [-0.2, 0) is 18.5 Å². The Labute approximate surface area is 405 Å². The van der Waals surface area contributed by atoms with Gasteiger partial charge in [0.25, 0.3) is 0 Å². The van der Waals surface area contributed by atoms with Crippen LogP contribution in [0.3, 0.4) is 0 Å². The first-order valence-corrected chi connectivity index (χ1v) is 31.4. The molecule has 0 radical (unpaired) electrons. The average molecular weight is 954 g/mol. The maximum absolute atomic E-state index is 13.2. The normalized spacial score (nSPS) is 19.8. The van der Waals surface area contributed by atoms with E-state index in [2.05, 4.69) is 133 Å². The van der Waals surface area contributed by atoms with Crippen LogP contribution in [0.4, 0.5) is 0 Å². The van der Waals surface area contributed by atoms with Crippen LogP contribution in [0.1, 0.15) is 190 Å². The number of carbonyl (C=O) groups excluding carboxylic acids is 1. The molecule has 0 unspecified atom stereocenters. The minimum absolute atomic E-state index is 0.00754. The molecule has 2 aromatic carbocycles. The molecule has 11 heteroatoms. The number of hydrogen-bond donors (Lipinski definition) is 0. The van der Waals surface area contributed by atoms with E-state index in [1.165, 1.54) is 0 Å². The van der Waals surface area contributed by atoms with Crippen molar-refractivity contribution in [2.45, 2.75) is 245 Å². The number of hydroxylamine groups is 4. The molecule has 2 saturated heterocycles. The van der Waals surface area contributed by atoms with E-state index >= 15 is 0 Å². The van der Waals surface area contributed by atoms with Crippen molar-refractivity contribution in [1.82, 2.24) is 10.1 Å². The lowest BCUT2D eigenvalue weighted by Gasteiger charge is -2.57. The lowest BCUT2D eigenvalue weighted by atomic mass is 9.80. The van der Waals surface area contributed by atoms with Gasteiger partial charge in [-0.1, -0.05) is 54.4 Å². The van der Waals surface area contributed by atoms with Crippen LogP contribution in [0.5, 0.6) is 11.5 Å². The van der Waals surface area contributed by atoms with Gasteiger partial charge < -0.3 is 28.0 Å². The molecule has 2 aliphatic rings. The Morgan fingerprint density at radius 2 is 0.758 bits per heavy atom. The van der Waals surface area contributed by atoms with E-state index < -0.39 is 16.6 Å². The van der Waals surface area contributed by atoms with E-state index in [0.29, 0.717) is 24.3 Å². The van der Waals surface area contributed by atoms with Gasteiger partial charge in [0.2, 0.25) is 16.6 Å². The average Bonchev–Trinajstić information content (AvgIpc) is 3.18. The second kappa shape index (κ2) is 22.8. The first kappa shape index (κ1) is 56.5. The number of hydrogen-bond acceptors (Lipinski definition) is 9.